The maximum Gasteiger partial charge on any atom is 0.225 e. The molecule has 3 aromatic carbocycles. The molecule has 4 heteroatoms. The molecule has 3 aromatic rings. The molecule has 0 atom stereocenters. The van der Waals surface area contributed by atoms with Crippen LogP contribution in [0, 0.1) is 0 Å². The molecule has 0 saturated carbocycles. The van der Waals surface area contributed by atoms with E-state index >= 15 is 0 Å². The Balaban J connectivity index is 1.89. The molecule has 0 amide bonds. The zero-order chi connectivity index (χ0) is 18.2. The molecule has 0 N–H and O–H groups in total. The topological polar surface area (TPSA) is 30.8 Å². The molecule has 0 fully saturated rings. The fourth-order valence-corrected chi connectivity index (χ4v) is 2.32. The first-order valence-electron chi connectivity index (χ1n) is 8.17. The summed E-state index contributed by atoms with van der Waals surface area (Å²) in [5.74, 6) is 1.69. The van der Waals surface area contributed by atoms with Crippen LogP contribution in [0.3, 0.4) is 0 Å². The van der Waals surface area contributed by atoms with Crippen LogP contribution in [0.15, 0.2) is 102 Å². The van der Waals surface area contributed by atoms with E-state index in [2.05, 4.69) is 4.99 Å². The number of ether oxygens (including phenoxy) is 2. The van der Waals surface area contributed by atoms with Gasteiger partial charge in [0.2, 0.25) is 5.90 Å². The van der Waals surface area contributed by atoms with E-state index in [1.807, 2.05) is 79.7 Å². The second kappa shape index (κ2) is 8.88. The van der Waals surface area contributed by atoms with Gasteiger partial charge in [-0.1, -0.05) is 60.1 Å². The number of benzene rings is 3. The molecular weight excluding hydrogens is 346 g/mol. The smallest absolute Gasteiger partial charge is 0.225 e. The summed E-state index contributed by atoms with van der Waals surface area (Å²) in [6.07, 6.45) is 1.62. The molecule has 0 radical (unpaired) electrons. The van der Waals surface area contributed by atoms with Gasteiger partial charge < -0.3 is 9.47 Å². The molecule has 0 spiro atoms. The summed E-state index contributed by atoms with van der Waals surface area (Å²) in [7, 11) is 0. The van der Waals surface area contributed by atoms with Gasteiger partial charge >= 0.3 is 0 Å². The van der Waals surface area contributed by atoms with Crippen molar-refractivity contribution in [3.8, 4) is 11.5 Å². The lowest BCUT2D eigenvalue weighted by Crippen LogP contribution is -2.11. The maximum atomic E-state index is 6.22. The normalized spacial score (nSPS) is 11.9. The average Bonchev–Trinajstić information content (AvgIpc) is 2.69. The van der Waals surface area contributed by atoms with Crippen molar-refractivity contribution >= 4 is 23.2 Å². The SMILES string of the molecule is CC(=C\Oc1ccccc1)/C(=N\c1ccccc1)Oc1ccccc1Cl. The van der Waals surface area contributed by atoms with Crippen LogP contribution in [0.5, 0.6) is 11.5 Å². The molecule has 0 heterocycles. The zero-order valence-electron chi connectivity index (χ0n) is 14.3. The average molecular weight is 364 g/mol. The summed E-state index contributed by atoms with van der Waals surface area (Å²) < 4.78 is 11.7. The molecule has 0 aromatic heterocycles. The summed E-state index contributed by atoms with van der Waals surface area (Å²) in [5.41, 5.74) is 1.51. The van der Waals surface area contributed by atoms with E-state index in [9.17, 15) is 0 Å². The fourth-order valence-electron chi connectivity index (χ4n) is 2.15. The summed E-state index contributed by atoms with van der Waals surface area (Å²) in [6.45, 7) is 1.88. The Morgan fingerprint density at radius 2 is 1.46 bits per heavy atom. The van der Waals surface area contributed by atoms with Gasteiger partial charge in [0.25, 0.3) is 0 Å². The van der Waals surface area contributed by atoms with Crippen molar-refractivity contribution in [1.82, 2.24) is 0 Å². The van der Waals surface area contributed by atoms with Gasteiger partial charge in [0.05, 0.1) is 17.0 Å². The first-order chi connectivity index (χ1) is 12.7. The molecule has 0 bridgehead atoms. The van der Waals surface area contributed by atoms with Gasteiger partial charge in [-0.15, -0.1) is 0 Å². The predicted molar refractivity (Wildman–Crippen MR) is 106 cm³/mol. The molecular formula is C22H18ClNO2. The molecule has 0 aliphatic carbocycles. The molecule has 0 saturated heterocycles. The highest BCUT2D eigenvalue weighted by atomic mass is 35.5. The molecule has 0 unspecified atom stereocenters. The van der Waals surface area contributed by atoms with Gasteiger partial charge in [0.1, 0.15) is 11.5 Å². The second-order valence-electron chi connectivity index (χ2n) is 5.52. The minimum absolute atomic E-state index is 0.417. The molecule has 26 heavy (non-hydrogen) atoms. The first kappa shape index (κ1) is 17.8. The van der Waals surface area contributed by atoms with Crippen LogP contribution in [-0.2, 0) is 0 Å². The monoisotopic (exact) mass is 363 g/mol. The van der Waals surface area contributed by atoms with Crippen LogP contribution in [0.4, 0.5) is 5.69 Å². The van der Waals surface area contributed by atoms with Crippen LogP contribution in [-0.4, -0.2) is 5.90 Å². The van der Waals surface area contributed by atoms with E-state index in [-0.39, 0.29) is 0 Å². The third kappa shape index (κ3) is 4.98. The van der Waals surface area contributed by atoms with Gasteiger partial charge in [0, 0.05) is 5.57 Å². The summed E-state index contributed by atoms with van der Waals surface area (Å²) in [6, 6.07) is 26.4. The lowest BCUT2D eigenvalue weighted by molar-refractivity contribution is 0.473. The van der Waals surface area contributed by atoms with Gasteiger partial charge in [-0.25, -0.2) is 4.99 Å². The zero-order valence-corrected chi connectivity index (χ0v) is 15.1. The number of aliphatic imine (C=N–C) groups is 1. The fraction of sp³-hybridized carbons (Fsp3) is 0.0455. The van der Waals surface area contributed by atoms with Crippen molar-refractivity contribution in [3.63, 3.8) is 0 Å². The highest BCUT2D eigenvalue weighted by Crippen LogP contribution is 2.25. The highest BCUT2D eigenvalue weighted by Gasteiger charge is 2.10. The Hall–Kier alpha value is -3.04. The van der Waals surface area contributed by atoms with Gasteiger partial charge in [-0.2, -0.15) is 0 Å². The summed E-state index contributed by atoms with van der Waals surface area (Å²) in [4.78, 5) is 4.59. The molecule has 3 nitrogen and oxygen atoms in total. The molecule has 0 aliphatic heterocycles. The largest absolute Gasteiger partial charge is 0.465 e. The first-order valence-corrected chi connectivity index (χ1v) is 8.55. The Bertz CT molecular complexity index is 906. The van der Waals surface area contributed by atoms with Crippen molar-refractivity contribution in [3.05, 3.63) is 102 Å². The lowest BCUT2D eigenvalue weighted by atomic mass is 10.3. The second-order valence-corrected chi connectivity index (χ2v) is 5.92. The van der Waals surface area contributed by atoms with Crippen molar-refractivity contribution in [2.24, 2.45) is 4.99 Å². The van der Waals surface area contributed by atoms with Gasteiger partial charge in [0.15, 0.2) is 0 Å². The van der Waals surface area contributed by atoms with E-state index in [0.29, 0.717) is 16.7 Å². The Morgan fingerprint density at radius 3 is 2.15 bits per heavy atom. The number of halogens is 1. The van der Waals surface area contributed by atoms with E-state index in [1.165, 1.54) is 0 Å². The highest BCUT2D eigenvalue weighted by molar-refractivity contribution is 6.32. The summed E-state index contributed by atoms with van der Waals surface area (Å²) >= 11 is 6.22. The summed E-state index contributed by atoms with van der Waals surface area (Å²) in [5, 5.41) is 0.519. The van der Waals surface area contributed by atoms with Crippen molar-refractivity contribution in [2.75, 3.05) is 0 Å². The minimum Gasteiger partial charge on any atom is -0.465 e. The standard InChI is InChI=1S/C22H18ClNO2/c1-17(16-25-19-12-6-3-7-13-19)22(24-18-10-4-2-5-11-18)26-21-15-9-8-14-20(21)23/h2-16H,1H3/b17-16+,24-22+. The van der Waals surface area contributed by atoms with Crippen LogP contribution in [0.1, 0.15) is 6.92 Å². The number of hydrogen-bond donors (Lipinski definition) is 0. The third-order valence-corrected chi connectivity index (χ3v) is 3.79. The van der Waals surface area contributed by atoms with Gasteiger partial charge in [-0.3, -0.25) is 0 Å². The quantitative estimate of drug-likeness (QED) is 0.297. The van der Waals surface area contributed by atoms with E-state index in [4.69, 9.17) is 21.1 Å². The Labute approximate surface area is 158 Å². The number of para-hydroxylation sites is 3. The number of rotatable bonds is 5. The third-order valence-electron chi connectivity index (χ3n) is 3.48. The minimum atomic E-state index is 0.417. The van der Waals surface area contributed by atoms with Crippen LogP contribution >= 0.6 is 11.6 Å². The molecule has 3 rings (SSSR count). The van der Waals surface area contributed by atoms with E-state index < -0.39 is 0 Å². The van der Waals surface area contributed by atoms with Crippen molar-refractivity contribution in [1.29, 1.82) is 0 Å². The van der Waals surface area contributed by atoms with Crippen LogP contribution in [0.2, 0.25) is 5.02 Å². The molecule has 130 valence electrons. The predicted octanol–water partition coefficient (Wildman–Crippen LogP) is 6.43. The number of nitrogens with zero attached hydrogens (tertiary/aromatic N) is 1. The Kier molecular flexibility index (Phi) is 6.07. The number of hydrogen-bond acceptors (Lipinski definition) is 3. The van der Waals surface area contributed by atoms with Crippen LogP contribution < -0.4 is 9.47 Å². The Morgan fingerprint density at radius 1 is 0.846 bits per heavy atom. The lowest BCUT2D eigenvalue weighted by Gasteiger charge is -2.11. The molecule has 0 aliphatic rings. The van der Waals surface area contributed by atoms with Crippen LogP contribution in [0.25, 0.3) is 0 Å². The van der Waals surface area contributed by atoms with Crippen molar-refractivity contribution in [2.45, 2.75) is 6.92 Å². The van der Waals surface area contributed by atoms with Crippen molar-refractivity contribution < 1.29 is 9.47 Å². The van der Waals surface area contributed by atoms with E-state index in [1.54, 1.807) is 18.4 Å². The van der Waals surface area contributed by atoms with Gasteiger partial charge in [-0.05, 0) is 43.3 Å². The van der Waals surface area contributed by atoms with E-state index in [0.717, 1.165) is 17.0 Å². The maximum absolute atomic E-state index is 6.22.